The maximum absolute atomic E-state index is 12.6. The first-order valence-electron chi connectivity index (χ1n) is 4.01. The fourth-order valence-electron chi connectivity index (χ4n) is 1.39. The van der Waals surface area contributed by atoms with Crippen LogP contribution in [0.25, 0.3) is 10.9 Å². The van der Waals surface area contributed by atoms with Gasteiger partial charge in [0.05, 0.1) is 4.90 Å². The first kappa shape index (κ1) is 9.21. The SMILES string of the molecule is Cc1c[nH]c2ccc(S(=O)(=O)F)cc12. The largest absolute Gasteiger partial charge is 0.361 e. The lowest BCUT2D eigenvalue weighted by Crippen LogP contribution is -1.90. The predicted octanol–water partition coefficient (Wildman–Crippen LogP) is 2.13. The number of aromatic amines is 1. The van der Waals surface area contributed by atoms with Gasteiger partial charge in [-0.3, -0.25) is 0 Å². The molecular weight excluding hydrogens is 205 g/mol. The van der Waals surface area contributed by atoms with Gasteiger partial charge in [-0.25, -0.2) is 0 Å². The highest BCUT2D eigenvalue weighted by Gasteiger charge is 2.12. The Kier molecular flexibility index (Phi) is 1.85. The Hall–Kier alpha value is -1.36. The maximum Gasteiger partial charge on any atom is 0.332 e. The van der Waals surface area contributed by atoms with E-state index in [1.165, 1.54) is 12.1 Å². The van der Waals surface area contributed by atoms with Crippen molar-refractivity contribution in [2.24, 2.45) is 0 Å². The smallest absolute Gasteiger partial charge is 0.332 e. The highest BCUT2D eigenvalue weighted by Crippen LogP contribution is 2.22. The van der Waals surface area contributed by atoms with E-state index in [9.17, 15) is 12.3 Å². The molecule has 0 bridgehead atoms. The maximum atomic E-state index is 12.6. The Balaban J connectivity index is 2.79. The molecule has 0 aliphatic heterocycles. The quantitative estimate of drug-likeness (QED) is 0.738. The number of rotatable bonds is 1. The number of aryl methyl sites for hydroxylation is 1. The molecule has 0 saturated heterocycles. The molecule has 0 aliphatic carbocycles. The first-order chi connectivity index (χ1) is 6.48. The fourth-order valence-corrected chi connectivity index (χ4v) is 1.88. The second kappa shape index (κ2) is 2.81. The van der Waals surface area contributed by atoms with Gasteiger partial charge in [-0.2, -0.15) is 8.42 Å². The van der Waals surface area contributed by atoms with Crippen molar-refractivity contribution < 1.29 is 12.3 Å². The zero-order chi connectivity index (χ0) is 10.3. The topological polar surface area (TPSA) is 49.9 Å². The Morgan fingerprint density at radius 1 is 1.36 bits per heavy atom. The zero-order valence-electron chi connectivity index (χ0n) is 7.41. The van der Waals surface area contributed by atoms with Crippen molar-refractivity contribution in [1.82, 2.24) is 4.98 Å². The lowest BCUT2D eigenvalue weighted by atomic mass is 10.2. The van der Waals surface area contributed by atoms with Crippen molar-refractivity contribution in [3.05, 3.63) is 30.0 Å². The van der Waals surface area contributed by atoms with Crippen LogP contribution in [-0.4, -0.2) is 13.4 Å². The number of H-pyrrole nitrogens is 1. The summed E-state index contributed by atoms with van der Waals surface area (Å²) in [6.07, 6.45) is 1.75. The number of aromatic nitrogens is 1. The highest BCUT2D eigenvalue weighted by atomic mass is 32.3. The average molecular weight is 213 g/mol. The van der Waals surface area contributed by atoms with Gasteiger partial charge in [-0.15, -0.1) is 3.89 Å². The molecule has 0 spiro atoms. The third kappa shape index (κ3) is 1.39. The molecule has 0 amide bonds. The van der Waals surface area contributed by atoms with E-state index in [0.29, 0.717) is 0 Å². The average Bonchev–Trinajstić information content (AvgIpc) is 2.46. The summed E-state index contributed by atoms with van der Waals surface area (Å²) in [5, 5.41) is 0.726. The van der Waals surface area contributed by atoms with E-state index in [1.807, 2.05) is 6.92 Å². The summed E-state index contributed by atoms with van der Waals surface area (Å²) in [6.45, 7) is 1.83. The third-order valence-corrected chi connectivity index (χ3v) is 2.96. The standard InChI is InChI=1S/C9H8FNO2S/c1-6-5-11-9-3-2-7(4-8(6)9)14(10,12)13/h2-5,11H,1H3. The molecule has 14 heavy (non-hydrogen) atoms. The van der Waals surface area contributed by atoms with E-state index < -0.39 is 10.2 Å². The molecule has 1 N–H and O–H groups in total. The zero-order valence-corrected chi connectivity index (χ0v) is 8.23. The van der Waals surface area contributed by atoms with E-state index >= 15 is 0 Å². The Labute approximate surface area is 80.8 Å². The summed E-state index contributed by atoms with van der Waals surface area (Å²) in [7, 11) is -4.60. The van der Waals surface area contributed by atoms with Crippen molar-refractivity contribution in [3.8, 4) is 0 Å². The van der Waals surface area contributed by atoms with E-state index in [0.717, 1.165) is 16.5 Å². The van der Waals surface area contributed by atoms with Crippen LogP contribution in [0.3, 0.4) is 0 Å². The van der Waals surface area contributed by atoms with Gasteiger partial charge in [0.15, 0.2) is 0 Å². The summed E-state index contributed by atoms with van der Waals surface area (Å²) in [5.41, 5.74) is 1.69. The number of halogens is 1. The molecular formula is C9H8FNO2S. The number of benzene rings is 1. The lowest BCUT2D eigenvalue weighted by molar-refractivity contribution is 0.552. The molecule has 0 aliphatic rings. The Morgan fingerprint density at radius 3 is 2.71 bits per heavy atom. The van der Waals surface area contributed by atoms with Crippen LogP contribution in [0.15, 0.2) is 29.3 Å². The normalized spacial score (nSPS) is 12.1. The van der Waals surface area contributed by atoms with Crippen molar-refractivity contribution in [3.63, 3.8) is 0 Å². The van der Waals surface area contributed by atoms with Crippen molar-refractivity contribution >= 4 is 21.1 Å². The predicted molar refractivity (Wildman–Crippen MR) is 51.3 cm³/mol. The van der Waals surface area contributed by atoms with Gasteiger partial charge in [0.2, 0.25) is 0 Å². The molecule has 0 atom stereocenters. The summed E-state index contributed by atoms with van der Waals surface area (Å²) < 4.78 is 33.9. The fraction of sp³-hybridized carbons (Fsp3) is 0.111. The van der Waals surface area contributed by atoms with E-state index in [-0.39, 0.29) is 4.90 Å². The number of hydrogen-bond donors (Lipinski definition) is 1. The van der Waals surface area contributed by atoms with Gasteiger partial charge >= 0.3 is 10.2 Å². The summed E-state index contributed by atoms with van der Waals surface area (Å²) >= 11 is 0. The van der Waals surface area contributed by atoms with Crippen LogP contribution in [0.1, 0.15) is 5.56 Å². The van der Waals surface area contributed by atoms with Crippen molar-refractivity contribution in [2.45, 2.75) is 11.8 Å². The molecule has 0 unspecified atom stereocenters. The minimum absolute atomic E-state index is 0.298. The third-order valence-electron chi connectivity index (χ3n) is 2.14. The second-order valence-corrected chi connectivity index (χ2v) is 4.46. The van der Waals surface area contributed by atoms with E-state index in [2.05, 4.69) is 4.98 Å². The van der Waals surface area contributed by atoms with E-state index in [1.54, 1.807) is 12.3 Å². The molecule has 2 rings (SSSR count). The number of hydrogen-bond acceptors (Lipinski definition) is 2. The lowest BCUT2D eigenvalue weighted by Gasteiger charge is -1.95. The van der Waals surface area contributed by atoms with Gasteiger partial charge in [0.25, 0.3) is 0 Å². The van der Waals surface area contributed by atoms with Gasteiger partial charge in [-0.05, 0) is 30.7 Å². The molecule has 1 aromatic carbocycles. The van der Waals surface area contributed by atoms with Crippen molar-refractivity contribution in [2.75, 3.05) is 0 Å². The molecule has 1 aromatic heterocycles. The Morgan fingerprint density at radius 2 is 2.07 bits per heavy atom. The highest BCUT2D eigenvalue weighted by molar-refractivity contribution is 7.86. The van der Waals surface area contributed by atoms with Gasteiger partial charge < -0.3 is 4.98 Å². The first-order valence-corrected chi connectivity index (χ1v) is 5.39. The molecule has 0 saturated carbocycles. The second-order valence-electron chi connectivity index (χ2n) is 3.12. The molecule has 74 valence electrons. The van der Waals surface area contributed by atoms with Gasteiger partial charge in [-0.1, -0.05) is 0 Å². The molecule has 1 heterocycles. The van der Waals surface area contributed by atoms with Crippen LogP contribution >= 0.6 is 0 Å². The summed E-state index contributed by atoms with van der Waals surface area (Å²) in [5.74, 6) is 0. The van der Waals surface area contributed by atoms with Crippen LogP contribution in [0.2, 0.25) is 0 Å². The van der Waals surface area contributed by atoms with E-state index in [4.69, 9.17) is 0 Å². The van der Waals surface area contributed by atoms with Crippen LogP contribution < -0.4 is 0 Å². The minimum atomic E-state index is -4.60. The summed E-state index contributed by atoms with van der Waals surface area (Å²) in [4.78, 5) is 2.65. The molecule has 5 heteroatoms. The number of nitrogens with one attached hydrogen (secondary N) is 1. The number of fused-ring (bicyclic) bond motifs is 1. The van der Waals surface area contributed by atoms with Crippen LogP contribution in [0.4, 0.5) is 3.89 Å². The monoisotopic (exact) mass is 213 g/mol. The Bertz CT molecular complexity index is 586. The van der Waals surface area contributed by atoms with Crippen molar-refractivity contribution in [1.29, 1.82) is 0 Å². The molecule has 0 fully saturated rings. The molecule has 3 nitrogen and oxygen atoms in total. The van der Waals surface area contributed by atoms with Crippen LogP contribution in [-0.2, 0) is 10.2 Å². The molecule has 0 radical (unpaired) electrons. The van der Waals surface area contributed by atoms with Crippen LogP contribution in [0.5, 0.6) is 0 Å². The summed E-state index contributed by atoms with van der Waals surface area (Å²) in [6, 6.07) is 4.12. The molecule has 2 aromatic rings. The minimum Gasteiger partial charge on any atom is -0.361 e. The van der Waals surface area contributed by atoms with Gasteiger partial charge in [0, 0.05) is 17.1 Å². The van der Waals surface area contributed by atoms with Gasteiger partial charge in [0.1, 0.15) is 0 Å². The van der Waals surface area contributed by atoms with Crippen LogP contribution in [0, 0.1) is 6.92 Å².